The Balaban J connectivity index is 2.89. The van der Waals surface area contributed by atoms with Crippen molar-refractivity contribution in [3.05, 3.63) is 0 Å². The molecule has 122 valence electrons. The molecule has 0 aromatic heterocycles. The van der Waals surface area contributed by atoms with Crippen molar-refractivity contribution in [1.82, 2.24) is 0 Å². The van der Waals surface area contributed by atoms with Gasteiger partial charge in [0, 0.05) is 22.2 Å². The van der Waals surface area contributed by atoms with Crippen LogP contribution < -0.4 is 0 Å². The van der Waals surface area contributed by atoms with Crippen LogP contribution in [0.4, 0.5) is 0 Å². The Kier molecular flexibility index (Phi) is 22.4. The SMILES string of the molecule is BrCCCCCCCCSSCCCCCCCCBr. The first-order valence-electron chi connectivity index (χ1n) is 8.28. The summed E-state index contributed by atoms with van der Waals surface area (Å²) >= 11 is 6.97. The maximum Gasteiger partial charge on any atom is 0.00369 e. The second-order valence-electron chi connectivity index (χ2n) is 5.26. The second-order valence-corrected chi connectivity index (χ2v) is 9.55. The van der Waals surface area contributed by atoms with E-state index in [0.29, 0.717) is 0 Å². The summed E-state index contributed by atoms with van der Waals surface area (Å²) in [6, 6.07) is 0. The lowest BCUT2D eigenvalue weighted by molar-refractivity contribution is 0.630. The third kappa shape index (κ3) is 19.7. The molecule has 20 heavy (non-hydrogen) atoms. The van der Waals surface area contributed by atoms with E-state index in [1.54, 1.807) is 0 Å². The van der Waals surface area contributed by atoms with Crippen molar-refractivity contribution in [2.45, 2.75) is 77.0 Å². The Labute approximate surface area is 152 Å². The van der Waals surface area contributed by atoms with E-state index in [1.165, 1.54) is 99.2 Å². The van der Waals surface area contributed by atoms with Gasteiger partial charge in [-0.3, -0.25) is 0 Å². The number of unbranched alkanes of at least 4 members (excludes halogenated alkanes) is 10. The minimum atomic E-state index is 1.18. The smallest absolute Gasteiger partial charge is 0.00369 e. The molecule has 4 heteroatoms. The van der Waals surface area contributed by atoms with Gasteiger partial charge >= 0.3 is 0 Å². The molecule has 0 unspecified atom stereocenters. The molecule has 0 heterocycles. The Morgan fingerprint density at radius 2 is 0.700 bits per heavy atom. The van der Waals surface area contributed by atoms with E-state index in [2.05, 4.69) is 53.4 Å². The van der Waals surface area contributed by atoms with Gasteiger partial charge in [0.15, 0.2) is 0 Å². The van der Waals surface area contributed by atoms with E-state index in [-0.39, 0.29) is 0 Å². The van der Waals surface area contributed by atoms with Crippen LogP contribution in [0.2, 0.25) is 0 Å². The molecule has 0 nitrogen and oxygen atoms in total. The third-order valence-corrected chi connectivity index (χ3v) is 7.00. The molecule has 0 aromatic carbocycles. The highest BCUT2D eigenvalue weighted by molar-refractivity contribution is 9.09. The molecular formula is C16H32Br2S2. The van der Waals surface area contributed by atoms with Gasteiger partial charge in [0.05, 0.1) is 0 Å². The monoisotopic (exact) mass is 446 g/mol. The van der Waals surface area contributed by atoms with Gasteiger partial charge in [-0.05, 0) is 25.7 Å². The highest BCUT2D eigenvalue weighted by atomic mass is 79.9. The molecule has 0 aliphatic rings. The van der Waals surface area contributed by atoms with Crippen LogP contribution >= 0.6 is 53.4 Å². The van der Waals surface area contributed by atoms with Crippen LogP contribution in [-0.2, 0) is 0 Å². The number of halogens is 2. The molecule has 0 spiro atoms. The fourth-order valence-electron chi connectivity index (χ4n) is 2.04. The first-order chi connectivity index (χ1) is 9.91. The highest BCUT2D eigenvalue weighted by Gasteiger charge is 1.94. The third-order valence-electron chi connectivity index (χ3n) is 3.31. The molecule has 0 amide bonds. The van der Waals surface area contributed by atoms with Gasteiger partial charge in [-0.15, -0.1) is 0 Å². The molecule has 0 aliphatic heterocycles. The van der Waals surface area contributed by atoms with Crippen molar-refractivity contribution >= 4 is 53.4 Å². The molecule has 0 rings (SSSR count). The fraction of sp³-hybridized carbons (Fsp3) is 1.00. The van der Waals surface area contributed by atoms with Crippen molar-refractivity contribution in [3.63, 3.8) is 0 Å². The number of hydrogen-bond donors (Lipinski definition) is 0. The number of hydrogen-bond acceptors (Lipinski definition) is 2. The van der Waals surface area contributed by atoms with Crippen LogP contribution in [-0.4, -0.2) is 22.2 Å². The van der Waals surface area contributed by atoms with Crippen molar-refractivity contribution in [2.24, 2.45) is 0 Å². The Morgan fingerprint density at radius 1 is 0.400 bits per heavy atom. The molecule has 0 radical (unpaired) electrons. The first kappa shape index (κ1) is 21.7. The summed E-state index contributed by atoms with van der Waals surface area (Å²) in [4.78, 5) is 0. The van der Waals surface area contributed by atoms with E-state index in [4.69, 9.17) is 0 Å². The Bertz CT molecular complexity index is 151. The summed E-state index contributed by atoms with van der Waals surface area (Å²) in [5.74, 6) is 2.71. The van der Waals surface area contributed by atoms with Crippen LogP contribution in [0.1, 0.15) is 77.0 Å². The molecule has 0 bridgehead atoms. The summed E-state index contributed by atoms with van der Waals surface area (Å²) in [5, 5.41) is 2.35. The van der Waals surface area contributed by atoms with Crippen molar-refractivity contribution in [3.8, 4) is 0 Å². The maximum atomic E-state index is 3.49. The quantitative estimate of drug-likeness (QED) is 0.126. The molecule has 0 saturated carbocycles. The molecule has 0 fully saturated rings. The van der Waals surface area contributed by atoms with E-state index < -0.39 is 0 Å². The van der Waals surface area contributed by atoms with E-state index >= 15 is 0 Å². The molecule has 0 saturated heterocycles. The van der Waals surface area contributed by atoms with Gasteiger partial charge in [0.1, 0.15) is 0 Å². The maximum absolute atomic E-state index is 3.49. The van der Waals surface area contributed by atoms with Crippen molar-refractivity contribution < 1.29 is 0 Å². The highest BCUT2D eigenvalue weighted by Crippen LogP contribution is 2.24. The van der Waals surface area contributed by atoms with Crippen LogP contribution in [0.3, 0.4) is 0 Å². The zero-order chi connectivity index (χ0) is 14.7. The summed E-state index contributed by atoms with van der Waals surface area (Å²) in [6.07, 6.45) is 16.9. The molecule has 0 aromatic rings. The Hall–Kier alpha value is 1.66. The summed E-state index contributed by atoms with van der Waals surface area (Å²) in [7, 11) is 4.19. The standard InChI is InChI=1S/C16H32Br2S2/c17-13-9-5-1-3-7-11-15-19-20-16-12-8-4-2-6-10-14-18/h1-16H2. The summed E-state index contributed by atoms with van der Waals surface area (Å²) in [6.45, 7) is 0. The van der Waals surface area contributed by atoms with Crippen LogP contribution in [0, 0.1) is 0 Å². The van der Waals surface area contributed by atoms with E-state index in [0.717, 1.165) is 0 Å². The lowest BCUT2D eigenvalue weighted by atomic mass is 10.1. The summed E-state index contributed by atoms with van der Waals surface area (Å²) < 4.78 is 0. The van der Waals surface area contributed by atoms with Gasteiger partial charge < -0.3 is 0 Å². The zero-order valence-electron chi connectivity index (χ0n) is 12.9. The fourth-order valence-corrected chi connectivity index (χ4v) is 5.13. The first-order valence-corrected chi connectivity index (χ1v) is 13.0. The average molecular weight is 448 g/mol. The van der Waals surface area contributed by atoms with Crippen LogP contribution in [0.25, 0.3) is 0 Å². The lowest BCUT2D eigenvalue weighted by Crippen LogP contribution is -1.84. The normalized spacial score (nSPS) is 11.1. The van der Waals surface area contributed by atoms with Gasteiger partial charge in [0.25, 0.3) is 0 Å². The Morgan fingerprint density at radius 3 is 1.05 bits per heavy atom. The largest absolute Gasteiger partial charge is 0.0942 e. The average Bonchev–Trinajstić information content (AvgIpc) is 2.47. The minimum Gasteiger partial charge on any atom is -0.0942 e. The summed E-state index contributed by atoms with van der Waals surface area (Å²) in [5.41, 5.74) is 0. The second kappa shape index (κ2) is 20.7. The van der Waals surface area contributed by atoms with E-state index in [9.17, 15) is 0 Å². The lowest BCUT2D eigenvalue weighted by Gasteiger charge is -2.02. The zero-order valence-corrected chi connectivity index (χ0v) is 17.7. The van der Waals surface area contributed by atoms with Crippen molar-refractivity contribution in [1.29, 1.82) is 0 Å². The molecule has 0 aliphatic carbocycles. The van der Waals surface area contributed by atoms with Gasteiger partial charge in [-0.2, -0.15) is 0 Å². The van der Waals surface area contributed by atoms with Gasteiger partial charge in [-0.1, -0.05) is 105 Å². The van der Waals surface area contributed by atoms with E-state index in [1.807, 2.05) is 0 Å². The number of alkyl halides is 2. The molecule has 0 N–H and O–H groups in total. The predicted molar refractivity (Wildman–Crippen MR) is 108 cm³/mol. The van der Waals surface area contributed by atoms with Crippen LogP contribution in [0.5, 0.6) is 0 Å². The molecule has 0 atom stereocenters. The van der Waals surface area contributed by atoms with Gasteiger partial charge in [0.2, 0.25) is 0 Å². The van der Waals surface area contributed by atoms with Crippen LogP contribution in [0.15, 0.2) is 0 Å². The molecular weight excluding hydrogens is 416 g/mol. The number of rotatable bonds is 17. The van der Waals surface area contributed by atoms with Crippen molar-refractivity contribution in [2.75, 3.05) is 22.2 Å². The minimum absolute atomic E-state index is 1.18. The van der Waals surface area contributed by atoms with Gasteiger partial charge in [-0.25, -0.2) is 0 Å². The topological polar surface area (TPSA) is 0 Å². The predicted octanol–water partition coefficient (Wildman–Crippen LogP) is 7.84.